The van der Waals surface area contributed by atoms with Gasteiger partial charge in [-0.1, -0.05) is 12.1 Å². The van der Waals surface area contributed by atoms with E-state index in [-0.39, 0.29) is 12.4 Å². The monoisotopic (exact) mass is 292 g/mol. The molecule has 0 spiro atoms. The van der Waals surface area contributed by atoms with E-state index in [4.69, 9.17) is 9.84 Å². The van der Waals surface area contributed by atoms with Crippen molar-refractivity contribution >= 4 is 5.78 Å². The summed E-state index contributed by atoms with van der Waals surface area (Å²) in [4.78, 5) is 16.8. The molecule has 0 aliphatic carbocycles. The van der Waals surface area contributed by atoms with Crippen LogP contribution in [0.25, 0.3) is 0 Å². The van der Waals surface area contributed by atoms with Gasteiger partial charge in [-0.25, -0.2) is 0 Å². The van der Waals surface area contributed by atoms with Crippen LogP contribution in [0.15, 0.2) is 24.3 Å². The largest absolute Gasteiger partial charge is 0.497 e. The number of ketones is 1. The Bertz CT molecular complexity index is 457. The van der Waals surface area contributed by atoms with Gasteiger partial charge in [0.25, 0.3) is 0 Å². The number of Topliss-reactive ketones (excluding diaryl/α,β-unsaturated/α-hetero) is 1. The number of benzene rings is 1. The number of piperazine rings is 1. The molecule has 116 valence electrons. The van der Waals surface area contributed by atoms with Gasteiger partial charge in [-0.3, -0.25) is 9.69 Å². The molecule has 2 rings (SSSR count). The zero-order chi connectivity index (χ0) is 15.1. The number of hydrogen-bond donors (Lipinski definition) is 1. The molecule has 0 saturated carbocycles. The third kappa shape index (κ3) is 4.81. The lowest BCUT2D eigenvalue weighted by Crippen LogP contribution is -2.47. The highest BCUT2D eigenvalue weighted by atomic mass is 16.5. The van der Waals surface area contributed by atoms with Crippen LogP contribution in [0, 0.1) is 0 Å². The minimum atomic E-state index is 0.159. The van der Waals surface area contributed by atoms with Gasteiger partial charge in [0.2, 0.25) is 0 Å². The fraction of sp³-hybridized carbons (Fsp3) is 0.562. The number of aliphatic hydroxyl groups excluding tert-OH is 1. The maximum absolute atomic E-state index is 12.2. The van der Waals surface area contributed by atoms with Crippen LogP contribution >= 0.6 is 0 Å². The first-order chi connectivity index (χ1) is 10.2. The molecule has 1 heterocycles. The van der Waals surface area contributed by atoms with Crippen molar-refractivity contribution in [3.63, 3.8) is 0 Å². The average molecular weight is 292 g/mol. The van der Waals surface area contributed by atoms with Gasteiger partial charge >= 0.3 is 0 Å². The third-order valence-electron chi connectivity index (χ3n) is 3.93. The lowest BCUT2D eigenvalue weighted by atomic mass is 10.1. The molecule has 0 aromatic heterocycles. The number of rotatable bonds is 7. The van der Waals surface area contributed by atoms with Crippen molar-refractivity contribution in [1.29, 1.82) is 0 Å². The van der Waals surface area contributed by atoms with Crippen LogP contribution in [0.5, 0.6) is 5.75 Å². The Hall–Kier alpha value is -1.43. The second-order valence-electron chi connectivity index (χ2n) is 5.31. The first-order valence-corrected chi connectivity index (χ1v) is 7.46. The molecule has 1 aliphatic rings. The molecule has 0 amide bonds. The molecule has 1 fully saturated rings. The first-order valence-electron chi connectivity index (χ1n) is 7.46. The second-order valence-corrected chi connectivity index (χ2v) is 5.31. The summed E-state index contributed by atoms with van der Waals surface area (Å²) in [5, 5.41) is 8.92. The van der Waals surface area contributed by atoms with Gasteiger partial charge in [0.1, 0.15) is 5.75 Å². The summed E-state index contributed by atoms with van der Waals surface area (Å²) in [6.45, 7) is 5.62. The lowest BCUT2D eigenvalue weighted by Gasteiger charge is -2.34. The Balaban J connectivity index is 1.76. The molecular formula is C16H24N2O3. The van der Waals surface area contributed by atoms with Crippen molar-refractivity contribution in [2.45, 2.75) is 6.42 Å². The summed E-state index contributed by atoms with van der Waals surface area (Å²) in [6, 6.07) is 7.32. The average Bonchev–Trinajstić information content (AvgIpc) is 2.54. The van der Waals surface area contributed by atoms with Gasteiger partial charge in [-0.15, -0.1) is 0 Å². The highest BCUT2D eigenvalue weighted by Gasteiger charge is 2.17. The fourth-order valence-corrected chi connectivity index (χ4v) is 2.58. The smallest absolute Gasteiger partial charge is 0.164 e. The molecular weight excluding hydrogens is 268 g/mol. The van der Waals surface area contributed by atoms with Crippen LogP contribution in [-0.2, 0) is 0 Å². The van der Waals surface area contributed by atoms with Gasteiger partial charge in [0, 0.05) is 51.3 Å². The van der Waals surface area contributed by atoms with E-state index in [2.05, 4.69) is 9.80 Å². The highest BCUT2D eigenvalue weighted by Crippen LogP contribution is 2.14. The predicted molar refractivity (Wildman–Crippen MR) is 81.9 cm³/mol. The summed E-state index contributed by atoms with van der Waals surface area (Å²) < 4.78 is 5.15. The molecule has 0 bridgehead atoms. The van der Waals surface area contributed by atoms with E-state index in [1.807, 2.05) is 18.2 Å². The minimum Gasteiger partial charge on any atom is -0.497 e. The number of nitrogens with zero attached hydrogens (tertiary/aromatic N) is 2. The molecule has 1 aromatic rings. The van der Waals surface area contributed by atoms with Crippen molar-refractivity contribution in [2.24, 2.45) is 0 Å². The van der Waals surface area contributed by atoms with E-state index >= 15 is 0 Å². The summed E-state index contributed by atoms with van der Waals surface area (Å²) in [5.41, 5.74) is 0.716. The number of carbonyl (C=O) groups is 1. The molecule has 5 heteroatoms. The van der Waals surface area contributed by atoms with Crippen LogP contribution in [0.1, 0.15) is 16.8 Å². The van der Waals surface area contributed by atoms with Crippen molar-refractivity contribution in [2.75, 3.05) is 53.0 Å². The standard InChI is InChI=1S/C16H24N2O3/c1-21-15-4-2-3-14(13-15)16(20)5-6-17-7-9-18(10-8-17)11-12-19/h2-4,13,19H,5-12H2,1H3. The molecule has 1 N–H and O–H groups in total. The van der Waals surface area contributed by atoms with Crippen LogP contribution in [0.4, 0.5) is 0 Å². The summed E-state index contributed by atoms with van der Waals surface area (Å²) in [7, 11) is 1.61. The fourth-order valence-electron chi connectivity index (χ4n) is 2.58. The normalized spacial score (nSPS) is 16.9. The molecule has 5 nitrogen and oxygen atoms in total. The minimum absolute atomic E-state index is 0.159. The Labute approximate surface area is 126 Å². The zero-order valence-corrected chi connectivity index (χ0v) is 12.6. The Kier molecular flexibility index (Phi) is 6.17. The van der Waals surface area contributed by atoms with Crippen LogP contribution < -0.4 is 4.74 Å². The Morgan fingerprint density at radius 1 is 1.19 bits per heavy atom. The first kappa shape index (κ1) is 15.9. The van der Waals surface area contributed by atoms with Gasteiger partial charge in [0.05, 0.1) is 13.7 Å². The van der Waals surface area contributed by atoms with Crippen LogP contribution in [-0.4, -0.2) is 73.7 Å². The summed E-state index contributed by atoms with van der Waals surface area (Å²) in [5.74, 6) is 0.880. The number of carbonyl (C=O) groups excluding carboxylic acids is 1. The number of methoxy groups -OCH3 is 1. The van der Waals surface area contributed by atoms with Gasteiger partial charge in [0.15, 0.2) is 5.78 Å². The van der Waals surface area contributed by atoms with E-state index in [1.165, 1.54) is 0 Å². The van der Waals surface area contributed by atoms with Crippen molar-refractivity contribution in [1.82, 2.24) is 9.80 Å². The molecule has 21 heavy (non-hydrogen) atoms. The molecule has 1 aliphatic heterocycles. The number of β-amino-alcohol motifs (C(OH)–C–C–N with tert-alkyl or cyclic N) is 1. The molecule has 1 aromatic carbocycles. The van der Waals surface area contributed by atoms with Crippen molar-refractivity contribution in [3.05, 3.63) is 29.8 Å². The Morgan fingerprint density at radius 2 is 1.86 bits per heavy atom. The number of hydrogen-bond acceptors (Lipinski definition) is 5. The zero-order valence-electron chi connectivity index (χ0n) is 12.6. The maximum atomic E-state index is 12.2. The van der Waals surface area contributed by atoms with E-state index in [0.29, 0.717) is 12.0 Å². The van der Waals surface area contributed by atoms with Crippen LogP contribution in [0.3, 0.4) is 0 Å². The quantitative estimate of drug-likeness (QED) is 0.756. The van der Waals surface area contributed by atoms with Crippen molar-refractivity contribution in [3.8, 4) is 5.75 Å². The van der Waals surface area contributed by atoms with Crippen LogP contribution in [0.2, 0.25) is 0 Å². The van der Waals surface area contributed by atoms with E-state index < -0.39 is 0 Å². The summed E-state index contributed by atoms with van der Waals surface area (Å²) in [6.07, 6.45) is 0.535. The topological polar surface area (TPSA) is 53.0 Å². The van der Waals surface area contributed by atoms with Gasteiger partial charge in [-0.2, -0.15) is 0 Å². The molecule has 0 unspecified atom stereocenters. The predicted octanol–water partition coefficient (Wildman–Crippen LogP) is 0.878. The van der Waals surface area contributed by atoms with E-state index in [9.17, 15) is 4.79 Å². The number of aliphatic hydroxyl groups is 1. The maximum Gasteiger partial charge on any atom is 0.164 e. The van der Waals surface area contributed by atoms with Gasteiger partial charge < -0.3 is 14.7 Å². The Morgan fingerprint density at radius 3 is 2.48 bits per heavy atom. The van der Waals surface area contributed by atoms with E-state index in [0.717, 1.165) is 45.0 Å². The third-order valence-corrected chi connectivity index (χ3v) is 3.93. The molecule has 0 atom stereocenters. The molecule has 0 radical (unpaired) electrons. The van der Waals surface area contributed by atoms with Gasteiger partial charge in [-0.05, 0) is 12.1 Å². The van der Waals surface area contributed by atoms with Crippen molar-refractivity contribution < 1.29 is 14.6 Å². The summed E-state index contributed by atoms with van der Waals surface area (Å²) >= 11 is 0. The SMILES string of the molecule is COc1cccc(C(=O)CCN2CCN(CCO)CC2)c1. The molecule has 1 saturated heterocycles. The van der Waals surface area contributed by atoms with E-state index in [1.54, 1.807) is 13.2 Å². The number of ether oxygens (including phenoxy) is 1. The lowest BCUT2D eigenvalue weighted by molar-refractivity contribution is 0.0906. The second kappa shape index (κ2) is 8.12. The highest BCUT2D eigenvalue weighted by molar-refractivity contribution is 5.96.